The van der Waals surface area contributed by atoms with Gasteiger partial charge in [-0.05, 0) is 37.4 Å². The van der Waals surface area contributed by atoms with Gasteiger partial charge in [0.1, 0.15) is 0 Å². The van der Waals surface area contributed by atoms with Crippen molar-refractivity contribution in [2.45, 2.75) is 45.3 Å². The molecule has 2 rings (SSSR count). The van der Waals surface area contributed by atoms with E-state index in [1.807, 2.05) is 0 Å². The van der Waals surface area contributed by atoms with Crippen molar-refractivity contribution < 1.29 is 0 Å². The van der Waals surface area contributed by atoms with Crippen LogP contribution in [0.4, 0.5) is 0 Å². The summed E-state index contributed by atoms with van der Waals surface area (Å²) in [5.41, 5.74) is 0.805. The topological polar surface area (TPSA) is 3.24 Å². The van der Waals surface area contributed by atoms with Gasteiger partial charge in [-0.3, -0.25) is 0 Å². The zero-order chi connectivity index (χ0) is 9.53. The molecule has 0 atom stereocenters. The average Bonchev–Trinajstić information content (AvgIpc) is 2.26. The fourth-order valence-corrected chi connectivity index (χ4v) is 4.53. The van der Waals surface area contributed by atoms with E-state index in [1.165, 1.54) is 44.9 Å². The normalized spacial score (nSPS) is 27.9. The lowest BCUT2D eigenvalue weighted by Gasteiger charge is -2.38. The molecule has 0 aromatic heterocycles. The van der Waals surface area contributed by atoms with Gasteiger partial charge in [-0.1, -0.05) is 26.1 Å². The third-order valence-electron chi connectivity index (χ3n) is 3.63. The third-order valence-corrected chi connectivity index (χ3v) is 5.03. The van der Waals surface area contributed by atoms with Crippen LogP contribution in [0, 0.1) is 5.41 Å². The van der Waals surface area contributed by atoms with Crippen LogP contribution in [-0.4, -0.2) is 32.2 Å². The molecule has 2 fully saturated rings. The lowest BCUT2D eigenvalue weighted by Crippen LogP contribution is -2.41. The second-order valence-corrected chi connectivity index (χ2v) is 11.8. The summed E-state index contributed by atoms with van der Waals surface area (Å²) in [6.45, 7) is 10.3. The minimum absolute atomic E-state index is 0.805. The van der Waals surface area contributed by atoms with Crippen molar-refractivity contribution in [1.29, 1.82) is 0 Å². The van der Waals surface area contributed by atoms with Crippen LogP contribution >= 0.6 is 0 Å². The first-order valence-electron chi connectivity index (χ1n) is 5.72. The average molecular weight is 197 g/mol. The summed E-state index contributed by atoms with van der Waals surface area (Å²) in [7, 11) is -0.848. The van der Waals surface area contributed by atoms with Crippen LogP contribution in [0.1, 0.15) is 25.7 Å². The first-order chi connectivity index (χ1) is 5.99. The Balaban J connectivity index is 1.84. The van der Waals surface area contributed by atoms with Gasteiger partial charge in [0.05, 0.1) is 8.07 Å². The molecule has 0 radical (unpaired) electrons. The number of hydrogen-bond donors (Lipinski definition) is 0. The smallest absolute Gasteiger partial charge is 0.0599 e. The molecule has 1 saturated heterocycles. The molecule has 2 aliphatic rings. The first kappa shape index (κ1) is 9.72. The van der Waals surface area contributed by atoms with Gasteiger partial charge >= 0.3 is 0 Å². The molecule has 76 valence electrons. The molecule has 0 aromatic rings. The van der Waals surface area contributed by atoms with E-state index in [2.05, 4.69) is 24.5 Å². The Kier molecular flexibility index (Phi) is 2.31. The lowest BCUT2D eigenvalue weighted by molar-refractivity contribution is 0.143. The second kappa shape index (κ2) is 3.09. The van der Waals surface area contributed by atoms with E-state index in [4.69, 9.17) is 0 Å². The Morgan fingerprint density at radius 3 is 2.23 bits per heavy atom. The molecule has 1 aliphatic carbocycles. The molecule has 0 unspecified atom stereocenters. The molecule has 0 aromatic carbocycles. The largest absolute Gasteiger partial charge is 0.306 e. The van der Waals surface area contributed by atoms with E-state index in [0.717, 1.165) is 5.41 Å². The molecular weight excluding hydrogens is 174 g/mol. The Hall–Kier alpha value is 0.177. The predicted octanol–water partition coefficient (Wildman–Crippen LogP) is 2.74. The highest BCUT2D eigenvalue weighted by Crippen LogP contribution is 2.47. The SMILES string of the molecule is C[Si](C)(C)CN1CCC2(CCC2)C1. The maximum atomic E-state index is 2.74. The summed E-state index contributed by atoms with van der Waals surface area (Å²) in [6, 6.07) is 0. The van der Waals surface area contributed by atoms with Crippen molar-refractivity contribution in [2.75, 3.05) is 19.3 Å². The molecule has 0 bridgehead atoms. The van der Waals surface area contributed by atoms with Crippen molar-refractivity contribution in [1.82, 2.24) is 4.90 Å². The lowest BCUT2D eigenvalue weighted by atomic mass is 9.68. The van der Waals surface area contributed by atoms with Crippen LogP contribution in [0.25, 0.3) is 0 Å². The zero-order valence-electron chi connectivity index (χ0n) is 9.40. The van der Waals surface area contributed by atoms with Crippen molar-refractivity contribution in [3.8, 4) is 0 Å². The monoisotopic (exact) mass is 197 g/mol. The van der Waals surface area contributed by atoms with E-state index in [-0.39, 0.29) is 0 Å². The highest BCUT2D eigenvalue weighted by molar-refractivity contribution is 6.76. The summed E-state index contributed by atoms with van der Waals surface area (Å²) >= 11 is 0. The van der Waals surface area contributed by atoms with Crippen molar-refractivity contribution >= 4 is 8.07 Å². The highest BCUT2D eigenvalue weighted by atomic mass is 28.3. The van der Waals surface area contributed by atoms with Crippen LogP contribution in [0.2, 0.25) is 19.6 Å². The Bertz CT molecular complexity index is 191. The Morgan fingerprint density at radius 2 is 1.85 bits per heavy atom. The molecule has 1 nitrogen and oxygen atoms in total. The van der Waals surface area contributed by atoms with Crippen molar-refractivity contribution in [3.05, 3.63) is 0 Å². The summed E-state index contributed by atoms with van der Waals surface area (Å²) in [5, 5.41) is 0. The van der Waals surface area contributed by atoms with E-state index in [0.29, 0.717) is 0 Å². The molecule has 13 heavy (non-hydrogen) atoms. The third kappa shape index (κ3) is 2.16. The highest BCUT2D eigenvalue weighted by Gasteiger charge is 2.43. The molecule has 1 saturated carbocycles. The number of hydrogen-bond acceptors (Lipinski definition) is 1. The number of rotatable bonds is 2. The van der Waals surface area contributed by atoms with Crippen molar-refractivity contribution in [3.63, 3.8) is 0 Å². The minimum atomic E-state index is -0.848. The number of likely N-dealkylation sites (tertiary alicyclic amines) is 1. The number of nitrogens with zero attached hydrogens (tertiary/aromatic N) is 1. The summed E-state index contributed by atoms with van der Waals surface area (Å²) in [4.78, 5) is 2.74. The van der Waals surface area contributed by atoms with Crippen LogP contribution in [0.15, 0.2) is 0 Å². The second-order valence-electron chi connectivity index (χ2n) is 6.37. The van der Waals surface area contributed by atoms with Crippen LogP contribution in [0.5, 0.6) is 0 Å². The zero-order valence-corrected chi connectivity index (χ0v) is 10.4. The fraction of sp³-hybridized carbons (Fsp3) is 1.00. The van der Waals surface area contributed by atoms with Gasteiger partial charge in [-0.25, -0.2) is 0 Å². The maximum Gasteiger partial charge on any atom is 0.0599 e. The van der Waals surface area contributed by atoms with E-state index >= 15 is 0 Å². The molecular formula is C11H23NSi. The molecule has 1 spiro atoms. The summed E-state index contributed by atoms with van der Waals surface area (Å²) in [6.07, 6.45) is 7.47. The fourth-order valence-electron chi connectivity index (χ4n) is 2.92. The molecule has 0 N–H and O–H groups in total. The summed E-state index contributed by atoms with van der Waals surface area (Å²) in [5.74, 6) is 0. The van der Waals surface area contributed by atoms with Gasteiger partial charge in [0.2, 0.25) is 0 Å². The van der Waals surface area contributed by atoms with Gasteiger partial charge in [0.15, 0.2) is 0 Å². The Morgan fingerprint density at radius 1 is 1.15 bits per heavy atom. The van der Waals surface area contributed by atoms with E-state index < -0.39 is 8.07 Å². The van der Waals surface area contributed by atoms with Gasteiger partial charge < -0.3 is 4.90 Å². The maximum absolute atomic E-state index is 2.74. The van der Waals surface area contributed by atoms with Gasteiger partial charge in [0.25, 0.3) is 0 Å². The van der Waals surface area contributed by atoms with Gasteiger partial charge in [-0.2, -0.15) is 0 Å². The molecule has 0 amide bonds. The standard InChI is InChI=1S/C11H23NSi/c1-13(2,3)10-12-8-7-11(9-12)5-4-6-11/h4-10H2,1-3H3. The van der Waals surface area contributed by atoms with Gasteiger partial charge in [0, 0.05) is 6.54 Å². The molecule has 1 heterocycles. The van der Waals surface area contributed by atoms with Crippen LogP contribution in [-0.2, 0) is 0 Å². The van der Waals surface area contributed by atoms with E-state index in [9.17, 15) is 0 Å². The Labute approximate surface area is 83.5 Å². The van der Waals surface area contributed by atoms with E-state index in [1.54, 1.807) is 0 Å². The molecule has 1 aliphatic heterocycles. The van der Waals surface area contributed by atoms with Crippen LogP contribution in [0.3, 0.4) is 0 Å². The van der Waals surface area contributed by atoms with Gasteiger partial charge in [-0.15, -0.1) is 0 Å². The quantitative estimate of drug-likeness (QED) is 0.615. The van der Waals surface area contributed by atoms with Crippen molar-refractivity contribution in [2.24, 2.45) is 5.41 Å². The molecule has 2 heteroatoms. The first-order valence-corrected chi connectivity index (χ1v) is 9.42. The summed E-state index contributed by atoms with van der Waals surface area (Å²) < 4.78 is 0. The minimum Gasteiger partial charge on any atom is -0.306 e. The predicted molar refractivity (Wildman–Crippen MR) is 60.7 cm³/mol. The van der Waals surface area contributed by atoms with Crippen LogP contribution < -0.4 is 0 Å².